The van der Waals surface area contributed by atoms with E-state index in [9.17, 15) is 9.59 Å². The van der Waals surface area contributed by atoms with Crippen molar-refractivity contribution >= 4 is 28.0 Å². The molecule has 0 saturated carbocycles. The summed E-state index contributed by atoms with van der Waals surface area (Å²) in [6, 6.07) is 11.2. The van der Waals surface area contributed by atoms with Crippen molar-refractivity contribution in [2.45, 2.75) is 20.3 Å². The van der Waals surface area contributed by atoms with Gasteiger partial charge in [0.15, 0.2) is 11.0 Å². The Balaban J connectivity index is 1.95. The molecule has 2 aromatic carbocycles. The highest BCUT2D eigenvalue weighted by Gasteiger charge is 2.22. The largest absolute Gasteiger partial charge is 0.463 e. The molecule has 0 saturated heterocycles. The van der Waals surface area contributed by atoms with E-state index in [-0.39, 0.29) is 5.43 Å². The minimum Gasteiger partial charge on any atom is -0.463 e. The highest BCUT2D eigenvalue weighted by Crippen LogP contribution is 2.27. The van der Waals surface area contributed by atoms with Crippen LogP contribution < -0.4 is 14.7 Å². The van der Waals surface area contributed by atoms with Gasteiger partial charge in [-0.15, -0.1) is 0 Å². The number of ether oxygens (including phenoxy) is 1. The molecule has 27 heavy (non-hydrogen) atoms. The van der Waals surface area contributed by atoms with Gasteiger partial charge in [0, 0.05) is 13.0 Å². The molecule has 4 aromatic rings. The van der Waals surface area contributed by atoms with Crippen molar-refractivity contribution in [2.24, 2.45) is 7.05 Å². The van der Waals surface area contributed by atoms with Crippen molar-refractivity contribution in [3.05, 3.63) is 58.4 Å². The van der Waals surface area contributed by atoms with Gasteiger partial charge in [0.05, 0.1) is 12.4 Å². The number of esters is 1. The third kappa shape index (κ3) is 2.79. The van der Waals surface area contributed by atoms with Gasteiger partial charge in [0.1, 0.15) is 23.2 Å². The lowest BCUT2D eigenvalue weighted by molar-refractivity contribution is -0.633. The van der Waals surface area contributed by atoms with Crippen molar-refractivity contribution < 1.29 is 18.5 Å². The summed E-state index contributed by atoms with van der Waals surface area (Å²) in [5.74, 6) is 0.687. The minimum atomic E-state index is -0.409. The van der Waals surface area contributed by atoms with Gasteiger partial charge in [0.25, 0.3) is 5.82 Å². The first-order valence-corrected chi connectivity index (χ1v) is 8.73. The van der Waals surface area contributed by atoms with Gasteiger partial charge in [0.2, 0.25) is 5.43 Å². The van der Waals surface area contributed by atoms with Gasteiger partial charge in [-0.05, 0) is 30.2 Å². The molecule has 2 aromatic heterocycles. The molecule has 1 N–H and O–H groups in total. The number of hydrogen-bond acceptors (Lipinski definition) is 4. The first-order valence-electron chi connectivity index (χ1n) is 8.73. The fourth-order valence-electron chi connectivity index (χ4n) is 3.34. The minimum absolute atomic E-state index is 0.137. The molecule has 0 spiro atoms. The average molecular weight is 363 g/mol. The van der Waals surface area contributed by atoms with E-state index >= 15 is 0 Å². The van der Waals surface area contributed by atoms with E-state index in [4.69, 9.17) is 9.15 Å². The van der Waals surface area contributed by atoms with Crippen LogP contribution in [0.15, 0.2) is 51.9 Å². The van der Waals surface area contributed by atoms with E-state index in [0.29, 0.717) is 34.5 Å². The number of carbonyl (C=O) groups excluding carboxylic acids is 1. The summed E-state index contributed by atoms with van der Waals surface area (Å²) in [7, 11) is 1.90. The Kier molecular flexibility index (Phi) is 4.03. The highest BCUT2D eigenvalue weighted by atomic mass is 16.5. The Morgan fingerprint density at radius 2 is 2.04 bits per heavy atom. The van der Waals surface area contributed by atoms with Crippen LogP contribution in [0.2, 0.25) is 0 Å². The van der Waals surface area contributed by atoms with Crippen LogP contribution in [0.1, 0.15) is 19.4 Å². The molecule has 0 bridgehead atoms. The number of aryl methyl sites for hydroxylation is 2. The Morgan fingerprint density at radius 3 is 2.74 bits per heavy atom. The molecular formula is C21H19N2O4+. The molecule has 6 heteroatoms. The van der Waals surface area contributed by atoms with Gasteiger partial charge in [-0.3, -0.25) is 9.59 Å². The van der Waals surface area contributed by atoms with Crippen LogP contribution in [0.25, 0.3) is 33.4 Å². The number of imidazole rings is 1. The Hall–Kier alpha value is -3.41. The van der Waals surface area contributed by atoms with Gasteiger partial charge in [-0.1, -0.05) is 19.1 Å². The van der Waals surface area contributed by atoms with Crippen molar-refractivity contribution in [3.8, 4) is 17.1 Å². The first kappa shape index (κ1) is 17.0. The van der Waals surface area contributed by atoms with Crippen LogP contribution in [-0.2, 0) is 18.3 Å². The van der Waals surface area contributed by atoms with Crippen molar-refractivity contribution in [1.29, 1.82) is 0 Å². The molecule has 0 amide bonds. The van der Waals surface area contributed by atoms with Crippen LogP contribution >= 0.6 is 0 Å². The zero-order chi connectivity index (χ0) is 19.1. The van der Waals surface area contributed by atoms with Crippen molar-refractivity contribution in [3.63, 3.8) is 0 Å². The van der Waals surface area contributed by atoms with Crippen molar-refractivity contribution in [2.75, 3.05) is 0 Å². The number of rotatable bonds is 3. The molecule has 0 unspecified atom stereocenters. The maximum absolute atomic E-state index is 13.2. The van der Waals surface area contributed by atoms with Crippen LogP contribution in [-0.4, -0.2) is 11.0 Å². The normalized spacial score (nSPS) is 11.2. The zero-order valence-corrected chi connectivity index (χ0v) is 15.3. The average Bonchev–Trinajstić information content (AvgIpc) is 2.98. The van der Waals surface area contributed by atoms with Gasteiger partial charge >= 0.3 is 5.97 Å². The highest BCUT2D eigenvalue weighted by molar-refractivity contribution is 5.84. The lowest BCUT2D eigenvalue weighted by Gasteiger charge is -2.09. The smallest absolute Gasteiger partial charge is 0.308 e. The lowest BCUT2D eigenvalue weighted by Crippen LogP contribution is -2.30. The monoisotopic (exact) mass is 363 g/mol. The zero-order valence-electron chi connectivity index (χ0n) is 15.3. The second kappa shape index (κ2) is 6.39. The second-order valence-electron chi connectivity index (χ2n) is 6.43. The summed E-state index contributed by atoms with van der Waals surface area (Å²) >= 11 is 0. The second-order valence-corrected chi connectivity index (χ2v) is 6.43. The fourth-order valence-corrected chi connectivity index (χ4v) is 3.34. The quantitative estimate of drug-likeness (QED) is 0.344. The van der Waals surface area contributed by atoms with E-state index in [1.165, 1.54) is 13.2 Å². The van der Waals surface area contributed by atoms with Gasteiger partial charge < -0.3 is 9.15 Å². The number of aromatic amines is 1. The van der Waals surface area contributed by atoms with E-state index in [1.807, 2.05) is 42.8 Å². The fraction of sp³-hybridized carbons (Fsp3) is 0.190. The van der Waals surface area contributed by atoms with Crippen LogP contribution in [0.4, 0.5) is 0 Å². The lowest BCUT2D eigenvalue weighted by atomic mass is 10.1. The van der Waals surface area contributed by atoms with E-state index < -0.39 is 5.97 Å². The van der Waals surface area contributed by atoms with Crippen LogP contribution in [0.3, 0.4) is 0 Å². The predicted molar refractivity (Wildman–Crippen MR) is 102 cm³/mol. The first-order chi connectivity index (χ1) is 13.0. The van der Waals surface area contributed by atoms with Crippen LogP contribution in [0.5, 0.6) is 5.75 Å². The van der Waals surface area contributed by atoms with Crippen molar-refractivity contribution in [1.82, 2.24) is 4.98 Å². The molecule has 2 heterocycles. The Bertz CT molecular complexity index is 1250. The number of hydrogen-bond donors (Lipinski definition) is 1. The molecule has 136 valence electrons. The summed E-state index contributed by atoms with van der Waals surface area (Å²) in [5.41, 5.74) is 3.41. The number of para-hydroxylation sites is 2. The third-order valence-corrected chi connectivity index (χ3v) is 4.70. The van der Waals surface area contributed by atoms with Gasteiger partial charge in [-0.25, -0.2) is 9.55 Å². The predicted octanol–water partition coefficient (Wildman–Crippen LogP) is 3.25. The Labute approximate surface area is 155 Å². The number of nitrogens with zero attached hydrogens (tertiary/aromatic N) is 1. The summed E-state index contributed by atoms with van der Waals surface area (Å²) in [4.78, 5) is 27.8. The van der Waals surface area contributed by atoms with E-state index in [1.54, 1.807) is 12.1 Å². The molecule has 0 radical (unpaired) electrons. The topological polar surface area (TPSA) is 76.2 Å². The van der Waals surface area contributed by atoms with E-state index in [2.05, 4.69) is 4.98 Å². The number of H-pyrrole nitrogens is 1. The molecule has 4 rings (SSSR count). The molecule has 0 aliphatic rings. The molecule has 6 nitrogen and oxygen atoms in total. The molecular weight excluding hydrogens is 344 g/mol. The summed E-state index contributed by atoms with van der Waals surface area (Å²) in [5, 5.41) is 0.457. The molecule has 0 aliphatic carbocycles. The molecule has 0 fully saturated rings. The molecule has 0 atom stereocenters. The molecule has 0 aliphatic heterocycles. The summed E-state index contributed by atoms with van der Waals surface area (Å²) < 4.78 is 12.9. The maximum atomic E-state index is 13.2. The Morgan fingerprint density at radius 1 is 1.26 bits per heavy atom. The van der Waals surface area contributed by atoms with E-state index in [0.717, 1.165) is 16.6 Å². The van der Waals surface area contributed by atoms with Gasteiger partial charge in [-0.2, -0.15) is 0 Å². The summed E-state index contributed by atoms with van der Waals surface area (Å²) in [6.07, 6.45) is 2.07. The number of aromatic nitrogens is 2. The standard InChI is InChI=1S/C21H18N2O4/c1-4-13-9-14-19(10-18(13)27-12(2)24)26-11-15(20(14)25)21-22-16-7-5-6-8-17(16)23(21)3/h5-11H,4H2,1-3H3/p+1. The SMILES string of the molecule is CCc1cc2c(=O)c(-c3[nH]c4ccccc4[n+]3C)coc2cc1OC(C)=O. The summed E-state index contributed by atoms with van der Waals surface area (Å²) in [6.45, 7) is 3.29. The number of nitrogens with one attached hydrogen (secondary N) is 1. The third-order valence-electron chi connectivity index (χ3n) is 4.70. The maximum Gasteiger partial charge on any atom is 0.308 e. The number of carbonyl (C=O) groups is 1. The number of fused-ring (bicyclic) bond motifs is 2. The number of benzene rings is 2. The van der Waals surface area contributed by atoms with Crippen LogP contribution in [0, 0.1) is 0 Å².